The fourth-order valence-electron chi connectivity index (χ4n) is 2.07. The highest BCUT2D eigenvalue weighted by molar-refractivity contribution is 6.17. The molecule has 0 amide bonds. The minimum absolute atomic E-state index is 0.162. The van der Waals surface area contributed by atoms with Crippen LogP contribution >= 0.6 is 11.6 Å². The van der Waals surface area contributed by atoms with Crippen molar-refractivity contribution in [3.63, 3.8) is 0 Å². The van der Waals surface area contributed by atoms with E-state index in [4.69, 9.17) is 21.1 Å². The van der Waals surface area contributed by atoms with Crippen LogP contribution in [0.4, 0.5) is 0 Å². The van der Waals surface area contributed by atoms with Gasteiger partial charge in [-0.15, -0.1) is 0 Å². The molecule has 0 atom stereocenters. The Balaban J connectivity index is 1.96. The second-order valence-corrected chi connectivity index (χ2v) is 4.76. The summed E-state index contributed by atoms with van der Waals surface area (Å²) in [5.41, 5.74) is -0.250. The zero-order valence-electron chi connectivity index (χ0n) is 10.4. The first-order valence-electron chi connectivity index (χ1n) is 6.13. The molecule has 102 valence electrons. The maximum Gasteiger partial charge on any atom is 0.324 e. The number of alkyl halides is 1. The fourth-order valence-corrected chi connectivity index (χ4v) is 2.17. The van der Waals surface area contributed by atoms with Crippen molar-refractivity contribution >= 4 is 23.5 Å². The van der Waals surface area contributed by atoms with Gasteiger partial charge in [0.1, 0.15) is 6.61 Å². The molecule has 0 unspecified atom stereocenters. The summed E-state index contributed by atoms with van der Waals surface area (Å²) in [5.74, 6) is -1.09. The van der Waals surface area contributed by atoms with Crippen LogP contribution in [0.25, 0.3) is 0 Å². The maximum absolute atomic E-state index is 12.1. The average Bonchev–Trinajstić information content (AvgIpc) is 2.36. The molecule has 5 heteroatoms. The van der Waals surface area contributed by atoms with E-state index in [0.29, 0.717) is 12.8 Å². The van der Waals surface area contributed by atoms with Crippen LogP contribution in [-0.4, -0.2) is 18.0 Å². The highest BCUT2D eigenvalue weighted by atomic mass is 35.5. The summed E-state index contributed by atoms with van der Waals surface area (Å²) in [6.07, 6.45) is 1.75. The van der Waals surface area contributed by atoms with Gasteiger partial charge in [0.05, 0.1) is 0 Å². The SMILES string of the molecule is O=C(OCCl)C1(C(=O)OCc2ccccc2)CCC1. The first-order chi connectivity index (χ1) is 9.19. The predicted octanol–water partition coefficient (Wildman–Crippen LogP) is 2.64. The molecule has 1 aliphatic rings. The zero-order chi connectivity index (χ0) is 13.7. The third-order valence-electron chi connectivity index (χ3n) is 3.39. The molecule has 0 heterocycles. The van der Waals surface area contributed by atoms with Crippen molar-refractivity contribution in [3.8, 4) is 0 Å². The summed E-state index contributed by atoms with van der Waals surface area (Å²) in [6, 6.07) is 9.09. The minimum Gasteiger partial charge on any atom is -0.460 e. The zero-order valence-corrected chi connectivity index (χ0v) is 11.2. The topological polar surface area (TPSA) is 52.6 Å². The molecule has 4 nitrogen and oxygen atoms in total. The van der Waals surface area contributed by atoms with Crippen molar-refractivity contribution in [1.29, 1.82) is 0 Å². The van der Waals surface area contributed by atoms with E-state index in [-0.39, 0.29) is 12.7 Å². The standard InChI is InChI=1S/C14H15ClO4/c15-10-19-13(17)14(7-4-8-14)12(16)18-9-11-5-2-1-3-6-11/h1-3,5-6H,4,7-10H2. The second kappa shape index (κ2) is 6.06. The van der Waals surface area contributed by atoms with E-state index < -0.39 is 17.4 Å². The summed E-state index contributed by atoms with van der Waals surface area (Å²) >= 11 is 5.37. The summed E-state index contributed by atoms with van der Waals surface area (Å²) in [6.45, 7) is 0.162. The third-order valence-corrected chi connectivity index (χ3v) is 3.50. The van der Waals surface area contributed by atoms with Crippen molar-refractivity contribution in [1.82, 2.24) is 0 Å². The van der Waals surface area contributed by atoms with Crippen LogP contribution in [0.15, 0.2) is 30.3 Å². The Morgan fingerprint density at radius 3 is 2.26 bits per heavy atom. The molecule has 0 radical (unpaired) electrons. The maximum atomic E-state index is 12.1. The monoisotopic (exact) mass is 282 g/mol. The highest BCUT2D eigenvalue weighted by Gasteiger charge is 2.53. The van der Waals surface area contributed by atoms with Crippen LogP contribution in [-0.2, 0) is 25.7 Å². The van der Waals surface area contributed by atoms with Crippen molar-refractivity contribution in [2.45, 2.75) is 25.9 Å². The first kappa shape index (κ1) is 13.9. The molecule has 1 fully saturated rings. The molecule has 1 saturated carbocycles. The molecular formula is C14H15ClO4. The van der Waals surface area contributed by atoms with Crippen LogP contribution in [0.1, 0.15) is 24.8 Å². The number of benzene rings is 1. The first-order valence-corrected chi connectivity index (χ1v) is 6.67. The van der Waals surface area contributed by atoms with Crippen LogP contribution in [0, 0.1) is 5.41 Å². The molecule has 0 N–H and O–H groups in total. The minimum atomic E-state index is -1.14. The summed E-state index contributed by atoms with van der Waals surface area (Å²) in [4.78, 5) is 23.9. The molecular weight excluding hydrogens is 268 g/mol. The van der Waals surface area contributed by atoms with E-state index >= 15 is 0 Å². The van der Waals surface area contributed by atoms with Gasteiger partial charge in [-0.25, -0.2) is 0 Å². The van der Waals surface area contributed by atoms with Crippen molar-refractivity contribution in [3.05, 3.63) is 35.9 Å². The van der Waals surface area contributed by atoms with Crippen LogP contribution < -0.4 is 0 Å². The lowest BCUT2D eigenvalue weighted by atomic mass is 9.69. The number of hydrogen-bond donors (Lipinski definition) is 0. The highest BCUT2D eigenvalue weighted by Crippen LogP contribution is 2.43. The lowest BCUT2D eigenvalue weighted by Crippen LogP contribution is -2.47. The Bertz CT molecular complexity index is 454. The van der Waals surface area contributed by atoms with Gasteiger partial charge in [-0.1, -0.05) is 41.9 Å². The van der Waals surface area contributed by atoms with Crippen molar-refractivity contribution in [2.75, 3.05) is 6.07 Å². The Morgan fingerprint density at radius 2 is 1.74 bits per heavy atom. The molecule has 0 spiro atoms. The van der Waals surface area contributed by atoms with E-state index in [1.54, 1.807) is 0 Å². The van der Waals surface area contributed by atoms with Gasteiger partial charge in [0, 0.05) is 0 Å². The molecule has 0 saturated heterocycles. The van der Waals surface area contributed by atoms with E-state index in [9.17, 15) is 9.59 Å². The van der Waals surface area contributed by atoms with E-state index in [0.717, 1.165) is 12.0 Å². The number of hydrogen-bond acceptors (Lipinski definition) is 4. The van der Waals surface area contributed by atoms with Crippen LogP contribution in [0.3, 0.4) is 0 Å². The molecule has 0 bridgehead atoms. The van der Waals surface area contributed by atoms with E-state index in [1.807, 2.05) is 30.3 Å². The summed E-state index contributed by atoms with van der Waals surface area (Å²) in [7, 11) is 0. The number of esters is 2. The number of rotatable bonds is 5. The Hall–Kier alpha value is -1.55. The van der Waals surface area contributed by atoms with Crippen molar-refractivity contribution < 1.29 is 19.1 Å². The fraction of sp³-hybridized carbons (Fsp3) is 0.429. The predicted molar refractivity (Wildman–Crippen MR) is 69.3 cm³/mol. The molecule has 1 aliphatic carbocycles. The molecule has 1 aromatic carbocycles. The quantitative estimate of drug-likeness (QED) is 0.473. The van der Waals surface area contributed by atoms with Gasteiger partial charge in [0.15, 0.2) is 11.5 Å². The summed E-state index contributed by atoms with van der Waals surface area (Å²) in [5, 5.41) is 0. The van der Waals surface area contributed by atoms with Gasteiger partial charge in [-0.05, 0) is 24.8 Å². The number of carbonyl (C=O) groups is 2. The lowest BCUT2D eigenvalue weighted by Gasteiger charge is -2.36. The third kappa shape index (κ3) is 2.89. The largest absolute Gasteiger partial charge is 0.460 e. The molecule has 0 aromatic heterocycles. The van der Waals surface area contributed by atoms with E-state index in [1.165, 1.54) is 0 Å². The Morgan fingerprint density at radius 1 is 1.11 bits per heavy atom. The molecule has 1 aromatic rings. The van der Waals surface area contributed by atoms with Crippen LogP contribution in [0.2, 0.25) is 0 Å². The molecule has 0 aliphatic heterocycles. The second-order valence-electron chi connectivity index (χ2n) is 4.54. The van der Waals surface area contributed by atoms with E-state index in [2.05, 4.69) is 0 Å². The van der Waals surface area contributed by atoms with Gasteiger partial charge in [-0.2, -0.15) is 0 Å². The van der Waals surface area contributed by atoms with Gasteiger partial charge >= 0.3 is 11.9 Å². The van der Waals surface area contributed by atoms with Gasteiger partial charge in [0.25, 0.3) is 0 Å². The van der Waals surface area contributed by atoms with Crippen molar-refractivity contribution in [2.24, 2.45) is 5.41 Å². The number of halogens is 1. The molecule has 2 rings (SSSR count). The van der Waals surface area contributed by atoms with Gasteiger partial charge in [0.2, 0.25) is 0 Å². The Labute approximate surface area is 116 Å². The number of carbonyl (C=O) groups excluding carboxylic acids is 2. The normalized spacial score (nSPS) is 16.3. The average molecular weight is 283 g/mol. The number of ether oxygens (including phenoxy) is 2. The van der Waals surface area contributed by atoms with Crippen LogP contribution in [0.5, 0.6) is 0 Å². The lowest BCUT2D eigenvalue weighted by molar-refractivity contribution is -0.179. The summed E-state index contributed by atoms with van der Waals surface area (Å²) < 4.78 is 9.97. The Kier molecular flexibility index (Phi) is 4.43. The smallest absolute Gasteiger partial charge is 0.324 e. The van der Waals surface area contributed by atoms with Gasteiger partial charge < -0.3 is 9.47 Å². The molecule has 19 heavy (non-hydrogen) atoms. The van der Waals surface area contributed by atoms with Gasteiger partial charge in [-0.3, -0.25) is 9.59 Å².